The van der Waals surface area contributed by atoms with Crippen LogP contribution in [0.2, 0.25) is 0 Å². The second-order valence-corrected chi connectivity index (χ2v) is 8.70. The van der Waals surface area contributed by atoms with Crippen LogP contribution in [0.4, 0.5) is 5.69 Å². The number of hydrogen-bond acceptors (Lipinski definition) is 4. The van der Waals surface area contributed by atoms with Gasteiger partial charge in [-0.1, -0.05) is 61.2 Å². The molecular formula is C26H27N5O. The Morgan fingerprint density at radius 3 is 2.56 bits per heavy atom. The first-order valence-electron chi connectivity index (χ1n) is 11.3. The minimum atomic E-state index is -0.148. The summed E-state index contributed by atoms with van der Waals surface area (Å²) in [6.07, 6.45) is 9.52. The number of aromatic nitrogens is 4. The summed E-state index contributed by atoms with van der Waals surface area (Å²) in [5.74, 6) is 1.77. The van der Waals surface area contributed by atoms with Crippen molar-refractivity contribution in [3.05, 3.63) is 77.4 Å². The maximum absolute atomic E-state index is 13.2. The molecule has 1 aliphatic rings. The van der Waals surface area contributed by atoms with E-state index in [1.807, 2.05) is 29.7 Å². The summed E-state index contributed by atoms with van der Waals surface area (Å²) in [5, 5.41) is 11.6. The Bertz CT molecular complexity index is 1270. The molecular weight excluding hydrogens is 398 g/mol. The van der Waals surface area contributed by atoms with Crippen LogP contribution >= 0.6 is 0 Å². The predicted octanol–water partition coefficient (Wildman–Crippen LogP) is 5.71. The second-order valence-electron chi connectivity index (χ2n) is 8.70. The van der Waals surface area contributed by atoms with Gasteiger partial charge in [0.2, 0.25) is 0 Å². The quantitative estimate of drug-likeness (QED) is 0.455. The number of amides is 1. The number of anilines is 1. The number of hydrogen-bond donors (Lipinski definition) is 1. The number of carbonyl (C=O) groups is 1. The molecule has 1 fully saturated rings. The molecule has 1 aliphatic carbocycles. The maximum Gasteiger partial charge on any atom is 0.256 e. The molecule has 5 rings (SSSR count). The van der Waals surface area contributed by atoms with Crippen molar-refractivity contribution in [3.8, 4) is 11.1 Å². The molecule has 4 aromatic rings. The van der Waals surface area contributed by atoms with Gasteiger partial charge in [-0.3, -0.25) is 9.20 Å². The SMILES string of the molecule is Cc1ccc(-c2cccc(C(=O)Nc3cnc4nnc(C5CCCCC5)n4c3)c2C)cc1. The van der Waals surface area contributed by atoms with Crippen LogP contribution in [0.5, 0.6) is 0 Å². The van der Waals surface area contributed by atoms with Crippen LogP contribution in [0.3, 0.4) is 0 Å². The summed E-state index contributed by atoms with van der Waals surface area (Å²) >= 11 is 0. The van der Waals surface area contributed by atoms with Crippen LogP contribution in [0.25, 0.3) is 16.9 Å². The van der Waals surface area contributed by atoms with E-state index in [0.717, 1.165) is 35.4 Å². The Hall–Kier alpha value is -3.54. The average Bonchev–Trinajstić information content (AvgIpc) is 3.24. The van der Waals surface area contributed by atoms with Gasteiger partial charge < -0.3 is 5.32 Å². The van der Waals surface area contributed by atoms with Gasteiger partial charge in [0, 0.05) is 17.7 Å². The van der Waals surface area contributed by atoms with Crippen molar-refractivity contribution in [2.75, 3.05) is 5.32 Å². The van der Waals surface area contributed by atoms with E-state index < -0.39 is 0 Å². The molecule has 0 saturated heterocycles. The molecule has 32 heavy (non-hydrogen) atoms. The number of aryl methyl sites for hydroxylation is 1. The van der Waals surface area contributed by atoms with Gasteiger partial charge in [0.05, 0.1) is 11.9 Å². The summed E-state index contributed by atoms with van der Waals surface area (Å²) in [7, 11) is 0. The first-order valence-corrected chi connectivity index (χ1v) is 11.3. The van der Waals surface area contributed by atoms with Gasteiger partial charge in [-0.05, 0) is 49.4 Å². The number of fused-ring (bicyclic) bond motifs is 1. The topological polar surface area (TPSA) is 72.2 Å². The Balaban J connectivity index is 1.42. The van der Waals surface area contributed by atoms with Crippen molar-refractivity contribution in [2.45, 2.75) is 51.9 Å². The van der Waals surface area contributed by atoms with Crippen LogP contribution in [0, 0.1) is 13.8 Å². The van der Waals surface area contributed by atoms with Gasteiger partial charge >= 0.3 is 0 Å². The van der Waals surface area contributed by atoms with Gasteiger partial charge in [0.1, 0.15) is 5.82 Å². The van der Waals surface area contributed by atoms with E-state index in [0.29, 0.717) is 22.9 Å². The zero-order chi connectivity index (χ0) is 22.1. The lowest BCUT2D eigenvalue weighted by molar-refractivity contribution is 0.102. The van der Waals surface area contributed by atoms with E-state index in [9.17, 15) is 4.79 Å². The lowest BCUT2D eigenvalue weighted by Crippen LogP contribution is -2.15. The molecule has 1 amide bonds. The second kappa shape index (κ2) is 8.54. The van der Waals surface area contributed by atoms with Crippen molar-refractivity contribution in [1.82, 2.24) is 19.6 Å². The van der Waals surface area contributed by atoms with Crippen LogP contribution in [-0.2, 0) is 0 Å². The van der Waals surface area contributed by atoms with Crippen molar-refractivity contribution >= 4 is 17.4 Å². The molecule has 0 atom stereocenters. The van der Waals surface area contributed by atoms with Gasteiger partial charge in [-0.25, -0.2) is 4.98 Å². The van der Waals surface area contributed by atoms with Gasteiger partial charge in [0.25, 0.3) is 11.7 Å². The largest absolute Gasteiger partial charge is 0.319 e. The third-order valence-electron chi connectivity index (χ3n) is 6.46. The van der Waals surface area contributed by atoms with E-state index in [-0.39, 0.29) is 5.91 Å². The Kier molecular flexibility index (Phi) is 5.43. The van der Waals surface area contributed by atoms with E-state index in [2.05, 4.69) is 57.8 Å². The Labute approximate surface area is 187 Å². The normalized spacial score (nSPS) is 14.6. The lowest BCUT2D eigenvalue weighted by Gasteiger charge is -2.19. The van der Waals surface area contributed by atoms with E-state index in [1.54, 1.807) is 6.20 Å². The third-order valence-corrected chi connectivity index (χ3v) is 6.46. The molecule has 2 aromatic heterocycles. The number of rotatable bonds is 4. The zero-order valence-corrected chi connectivity index (χ0v) is 18.5. The number of nitrogens with zero attached hydrogens (tertiary/aromatic N) is 4. The minimum absolute atomic E-state index is 0.148. The summed E-state index contributed by atoms with van der Waals surface area (Å²) < 4.78 is 1.93. The van der Waals surface area contributed by atoms with Crippen molar-refractivity contribution in [2.24, 2.45) is 0 Å². The van der Waals surface area contributed by atoms with Crippen LogP contribution in [-0.4, -0.2) is 25.5 Å². The molecule has 0 aliphatic heterocycles. The van der Waals surface area contributed by atoms with Crippen molar-refractivity contribution in [1.29, 1.82) is 0 Å². The monoisotopic (exact) mass is 425 g/mol. The van der Waals surface area contributed by atoms with Gasteiger partial charge in [-0.2, -0.15) is 0 Å². The van der Waals surface area contributed by atoms with E-state index in [4.69, 9.17) is 0 Å². The average molecular weight is 426 g/mol. The fraction of sp³-hybridized carbons (Fsp3) is 0.308. The molecule has 0 unspecified atom stereocenters. The lowest BCUT2D eigenvalue weighted by atomic mass is 9.89. The highest BCUT2D eigenvalue weighted by atomic mass is 16.1. The molecule has 2 aromatic carbocycles. The van der Waals surface area contributed by atoms with Gasteiger partial charge in [-0.15, -0.1) is 10.2 Å². The first-order chi connectivity index (χ1) is 15.6. The van der Waals surface area contributed by atoms with E-state index >= 15 is 0 Å². The minimum Gasteiger partial charge on any atom is -0.319 e. The molecule has 2 heterocycles. The number of benzene rings is 2. The fourth-order valence-corrected chi connectivity index (χ4v) is 4.64. The molecule has 0 bridgehead atoms. The highest BCUT2D eigenvalue weighted by molar-refractivity contribution is 6.06. The number of nitrogens with one attached hydrogen (secondary N) is 1. The molecule has 0 spiro atoms. The highest BCUT2D eigenvalue weighted by Crippen LogP contribution is 2.32. The zero-order valence-electron chi connectivity index (χ0n) is 18.5. The van der Waals surface area contributed by atoms with Crippen molar-refractivity contribution < 1.29 is 4.79 Å². The Morgan fingerprint density at radius 2 is 1.78 bits per heavy atom. The first kappa shape index (κ1) is 20.4. The maximum atomic E-state index is 13.2. The summed E-state index contributed by atoms with van der Waals surface area (Å²) in [6, 6.07) is 14.2. The standard InChI is InChI=1S/C26H27N5O/c1-17-11-13-19(14-12-17)22-9-6-10-23(18(22)2)25(32)28-21-15-27-26-30-29-24(31(26)16-21)20-7-4-3-5-8-20/h6,9-16,20H,3-5,7-8H2,1-2H3,(H,28,32). The number of carbonyl (C=O) groups excluding carboxylic acids is 1. The molecule has 6 nitrogen and oxygen atoms in total. The van der Waals surface area contributed by atoms with Gasteiger partial charge in [0.15, 0.2) is 0 Å². The molecule has 6 heteroatoms. The third kappa shape index (κ3) is 3.88. The molecule has 162 valence electrons. The van der Waals surface area contributed by atoms with E-state index in [1.165, 1.54) is 24.8 Å². The van der Waals surface area contributed by atoms with Crippen LogP contribution in [0.15, 0.2) is 54.9 Å². The smallest absolute Gasteiger partial charge is 0.256 e. The molecule has 0 radical (unpaired) electrons. The van der Waals surface area contributed by atoms with Crippen LogP contribution in [0.1, 0.15) is 65.3 Å². The fourth-order valence-electron chi connectivity index (χ4n) is 4.64. The summed E-state index contributed by atoms with van der Waals surface area (Å²) in [4.78, 5) is 17.6. The Morgan fingerprint density at radius 1 is 1.00 bits per heavy atom. The molecule has 1 N–H and O–H groups in total. The molecule has 1 saturated carbocycles. The summed E-state index contributed by atoms with van der Waals surface area (Å²) in [5.41, 5.74) is 5.62. The summed E-state index contributed by atoms with van der Waals surface area (Å²) in [6.45, 7) is 4.06. The van der Waals surface area contributed by atoms with Crippen LogP contribution < -0.4 is 5.32 Å². The predicted molar refractivity (Wildman–Crippen MR) is 126 cm³/mol. The highest BCUT2D eigenvalue weighted by Gasteiger charge is 2.21. The van der Waals surface area contributed by atoms with Crippen molar-refractivity contribution in [3.63, 3.8) is 0 Å².